The molecule has 3 heteroatoms. The van der Waals surface area contributed by atoms with Crippen molar-refractivity contribution in [2.24, 2.45) is 0 Å². The van der Waals surface area contributed by atoms with Crippen molar-refractivity contribution in [3.8, 4) is 5.69 Å². The van der Waals surface area contributed by atoms with E-state index in [1.165, 1.54) is 25.0 Å². The van der Waals surface area contributed by atoms with Gasteiger partial charge in [-0.2, -0.15) is 0 Å². The maximum absolute atomic E-state index is 4.35. The van der Waals surface area contributed by atoms with E-state index >= 15 is 0 Å². The van der Waals surface area contributed by atoms with Crippen molar-refractivity contribution < 1.29 is 0 Å². The van der Waals surface area contributed by atoms with Crippen LogP contribution in [0.3, 0.4) is 0 Å². The number of nitrogens with zero attached hydrogens (tertiary/aromatic N) is 2. The number of rotatable bonds is 1. The van der Waals surface area contributed by atoms with E-state index in [1.807, 2.05) is 23.1 Å². The van der Waals surface area contributed by atoms with Crippen molar-refractivity contribution >= 4 is 33.8 Å². The normalized spacial score (nSPS) is 11.3. The van der Waals surface area contributed by atoms with Crippen LogP contribution in [-0.2, 0) is 0 Å². The zero-order valence-corrected chi connectivity index (χ0v) is 11.3. The molecular formula is C15H10N2Se. The van der Waals surface area contributed by atoms with Gasteiger partial charge in [0.15, 0.2) is 0 Å². The second-order valence-corrected chi connectivity index (χ2v) is 6.41. The number of benzene rings is 2. The molecule has 0 fully saturated rings. The summed E-state index contributed by atoms with van der Waals surface area (Å²) in [5.41, 5.74) is 1.22. The maximum atomic E-state index is 4.35. The molecule has 0 spiro atoms. The minimum atomic E-state index is 0.383. The van der Waals surface area contributed by atoms with Gasteiger partial charge in [-0.15, -0.1) is 0 Å². The average Bonchev–Trinajstić information content (AvgIpc) is 3.05. The summed E-state index contributed by atoms with van der Waals surface area (Å²) in [7, 11) is 0. The minimum absolute atomic E-state index is 0.383. The molecule has 0 amide bonds. The number of hydrogen-bond acceptors (Lipinski definition) is 1. The molecule has 0 atom stereocenters. The van der Waals surface area contributed by atoms with Crippen LogP contribution in [0, 0.1) is 0 Å². The van der Waals surface area contributed by atoms with E-state index < -0.39 is 0 Å². The molecule has 2 aromatic heterocycles. The summed E-state index contributed by atoms with van der Waals surface area (Å²) in [5, 5.41) is 7.12. The molecule has 2 aromatic carbocycles. The first-order chi connectivity index (χ1) is 8.93. The topological polar surface area (TPSA) is 17.8 Å². The fourth-order valence-electron chi connectivity index (χ4n) is 2.32. The first-order valence-corrected chi connectivity index (χ1v) is 7.55. The first-order valence-electron chi connectivity index (χ1n) is 5.84. The Morgan fingerprint density at radius 1 is 0.889 bits per heavy atom. The van der Waals surface area contributed by atoms with Crippen LogP contribution in [0.15, 0.2) is 60.9 Å². The first kappa shape index (κ1) is 10.1. The van der Waals surface area contributed by atoms with Crippen molar-refractivity contribution in [3.63, 3.8) is 0 Å². The molecule has 2 heterocycles. The van der Waals surface area contributed by atoms with E-state index in [-0.39, 0.29) is 0 Å². The predicted octanol–water partition coefficient (Wildman–Crippen LogP) is 3.24. The van der Waals surface area contributed by atoms with Gasteiger partial charge >= 0.3 is 110 Å². The molecule has 0 radical (unpaired) electrons. The summed E-state index contributed by atoms with van der Waals surface area (Å²) in [6.07, 6.45) is 3.84. The van der Waals surface area contributed by atoms with Gasteiger partial charge in [0.2, 0.25) is 0 Å². The second-order valence-electron chi connectivity index (χ2n) is 4.20. The summed E-state index contributed by atoms with van der Waals surface area (Å²) in [5.74, 6) is 0. The van der Waals surface area contributed by atoms with E-state index in [4.69, 9.17) is 0 Å². The number of hydrogen-bond donors (Lipinski definition) is 0. The van der Waals surface area contributed by atoms with Gasteiger partial charge in [-0.05, 0) is 0 Å². The summed E-state index contributed by atoms with van der Waals surface area (Å²) in [4.78, 5) is 0. The van der Waals surface area contributed by atoms with Crippen LogP contribution in [-0.4, -0.2) is 24.3 Å². The van der Waals surface area contributed by atoms with Gasteiger partial charge in [0.1, 0.15) is 0 Å². The number of aromatic nitrogens is 2. The molecule has 4 rings (SSSR count). The fourth-order valence-corrected chi connectivity index (χ4v) is 4.86. The van der Waals surface area contributed by atoms with Gasteiger partial charge in [0, 0.05) is 0 Å². The van der Waals surface area contributed by atoms with Crippen LogP contribution in [0.4, 0.5) is 0 Å². The molecule has 0 unspecified atom stereocenters. The van der Waals surface area contributed by atoms with Gasteiger partial charge in [-0.3, -0.25) is 0 Å². The molecular weight excluding hydrogens is 287 g/mol. The molecule has 0 aliphatic heterocycles. The van der Waals surface area contributed by atoms with Gasteiger partial charge in [0.25, 0.3) is 0 Å². The van der Waals surface area contributed by atoms with Crippen LogP contribution in [0.25, 0.3) is 25.0 Å². The molecule has 0 aliphatic carbocycles. The third kappa shape index (κ3) is 1.38. The molecule has 0 saturated carbocycles. The molecule has 0 N–H and O–H groups in total. The molecule has 18 heavy (non-hydrogen) atoms. The summed E-state index contributed by atoms with van der Waals surface area (Å²) >= 11 is 0.383. The summed E-state index contributed by atoms with van der Waals surface area (Å²) in [6.45, 7) is 0. The summed E-state index contributed by atoms with van der Waals surface area (Å²) in [6, 6.07) is 17.2. The van der Waals surface area contributed by atoms with Crippen LogP contribution < -0.4 is 0 Å². The zero-order chi connectivity index (χ0) is 11.9. The molecule has 86 valence electrons. The van der Waals surface area contributed by atoms with Gasteiger partial charge in [-0.1, -0.05) is 0 Å². The molecule has 4 aromatic rings. The Bertz CT molecular complexity index is 828. The third-order valence-corrected chi connectivity index (χ3v) is 5.67. The Kier molecular flexibility index (Phi) is 2.16. The quantitative estimate of drug-likeness (QED) is 0.493. The second kappa shape index (κ2) is 3.84. The Morgan fingerprint density at radius 2 is 1.78 bits per heavy atom. The van der Waals surface area contributed by atoms with E-state index in [0.717, 1.165) is 0 Å². The Morgan fingerprint density at radius 3 is 2.67 bits per heavy atom. The molecule has 0 aliphatic rings. The van der Waals surface area contributed by atoms with Gasteiger partial charge < -0.3 is 0 Å². The van der Waals surface area contributed by atoms with Crippen LogP contribution in [0.1, 0.15) is 0 Å². The van der Waals surface area contributed by atoms with Crippen molar-refractivity contribution in [1.29, 1.82) is 0 Å². The van der Waals surface area contributed by atoms with Crippen molar-refractivity contribution in [1.82, 2.24) is 9.78 Å². The van der Waals surface area contributed by atoms with E-state index in [0.29, 0.717) is 14.5 Å². The predicted molar refractivity (Wildman–Crippen MR) is 75.5 cm³/mol. The van der Waals surface area contributed by atoms with Crippen LogP contribution in [0.2, 0.25) is 0 Å². The monoisotopic (exact) mass is 298 g/mol. The third-order valence-electron chi connectivity index (χ3n) is 3.13. The standard InChI is InChI=1S/C15H10N2Se/c1-2-8-14-11(5-1)12-6-3-7-13(15(12)18-14)17-10-4-9-16-17/h1-10H. The van der Waals surface area contributed by atoms with Crippen LogP contribution in [0.5, 0.6) is 0 Å². The Hall–Kier alpha value is -1.83. The molecule has 2 nitrogen and oxygen atoms in total. The SMILES string of the molecule is c1ccc2c(c1)[se]c1c(-n3cccn3)cccc12. The Balaban J connectivity index is 2.17. The van der Waals surface area contributed by atoms with Crippen molar-refractivity contribution in [2.75, 3.05) is 0 Å². The van der Waals surface area contributed by atoms with E-state index in [2.05, 4.69) is 47.6 Å². The fraction of sp³-hybridized carbons (Fsp3) is 0. The van der Waals surface area contributed by atoms with Gasteiger partial charge in [-0.25, -0.2) is 0 Å². The van der Waals surface area contributed by atoms with Crippen LogP contribution >= 0.6 is 0 Å². The van der Waals surface area contributed by atoms with Crippen molar-refractivity contribution in [2.45, 2.75) is 0 Å². The summed E-state index contributed by atoms with van der Waals surface area (Å²) < 4.78 is 4.88. The Labute approximate surface area is 110 Å². The van der Waals surface area contributed by atoms with E-state index in [1.54, 1.807) is 0 Å². The average molecular weight is 297 g/mol. The van der Waals surface area contributed by atoms with Crippen molar-refractivity contribution in [3.05, 3.63) is 60.9 Å². The zero-order valence-electron chi connectivity index (χ0n) is 9.58. The number of fused-ring (bicyclic) bond motifs is 3. The molecule has 0 bridgehead atoms. The van der Waals surface area contributed by atoms with Gasteiger partial charge in [0.05, 0.1) is 0 Å². The molecule has 0 saturated heterocycles. The van der Waals surface area contributed by atoms with E-state index in [9.17, 15) is 0 Å².